The number of hydrazine groups is 1. The summed E-state index contributed by atoms with van der Waals surface area (Å²) >= 11 is 5.69. The fourth-order valence-electron chi connectivity index (χ4n) is 2.03. The van der Waals surface area contributed by atoms with E-state index >= 15 is 0 Å². The van der Waals surface area contributed by atoms with Gasteiger partial charge in [-0.05, 0) is 30.2 Å². The van der Waals surface area contributed by atoms with Gasteiger partial charge in [0, 0.05) is 12.7 Å². The topological polar surface area (TPSA) is 55.9 Å². The van der Waals surface area contributed by atoms with E-state index in [9.17, 15) is 4.39 Å². The molecule has 1 aromatic carbocycles. The Morgan fingerprint density at radius 3 is 2.89 bits per heavy atom. The van der Waals surface area contributed by atoms with Crippen LogP contribution in [0.4, 0.5) is 4.39 Å². The summed E-state index contributed by atoms with van der Waals surface area (Å²) in [6, 6.07) is 6.21. The molecule has 102 valence electrons. The van der Waals surface area contributed by atoms with Crippen molar-refractivity contribution in [2.24, 2.45) is 5.84 Å². The molecule has 0 fully saturated rings. The lowest BCUT2D eigenvalue weighted by atomic mass is 10.0. The lowest BCUT2D eigenvalue weighted by Gasteiger charge is -2.18. The summed E-state index contributed by atoms with van der Waals surface area (Å²) < 4.78 is 15.4. The van der Waals surface area contributed by atoms with Crippen LogP contribution in [-0.2, 0) is 6.54 Å². The zero-order valence-corrected chi connectivity index (χ0v) is 11.4. The van der Waals surface area contributed by atoms with Crippen molar-refractivity contribution in [1.29, 1.82) is 0 Å². The first-order valence-corrected chi connectivity index (χ1v) is 6.48. The number of aryl methyl sites for hydroxylation is 1. The zero-order chi connectivity index (χ0) is 13.8. The fourth-order valence-corrected chi connectivity index (χ4v) is 2.15. The van der Waals surface area contributed by atoms with E-state index in [4.69, 9.17) is 17.4 Å². The molecular weight excluding hydrogens is 267 g/mol. The van der Waals surface area contributed by atoms with Gasteiger partial charge in [0.25, 0.3) is 0 Å². The number of nitrogens with zero attached hydrogens (tertiary/aromatic N) is 2. The van der Waals surface area contributed by atoms with Crippen molar-refractivity contribution in [3.8, 4) is 0 Å². The summed E-state index contributed by atoms with van der Waals surface area (Å²) in [5.74, 6) is 5.15. The largest absolute Gasteiger partial charge is 0.271 e. The SMILES string of the molecule is CCCn1nccc1C(NN)c1ccc(Cl)c(F)c1. The first-order valence-electron chi connectivity index (χ1n) is 6.10. The molecule has 0 aliphatic heterocycles. The lowest BCUT2D eigenvalue weighted by Crippen LogP contribution is -2.30. The molecule has 2 aromatic rings. The van der Waals surface area contributed by atoms with Gasteiger partial charge in [-0.25, -0.2) is 9.82 Å². The summed E-state index contributed by atoms with van der Waals surface area (Å²) in [5.41, 5.74) is 4.30. The van der Waals surface area contributed by atoms with Crippen LogP contribution in [0.25, 0.3) is 0 Å². The Morgan fingerprint density at radius 1 is 1.47 bits per heavy atom. The van der Waals surface area contributed by atoms with E-state index in [1.54, 1.807) is 12.3 Å². The van der Waals surface area contributed by atoms with Crippen molar-refractivity contribution in [2.75, 3.05) is 0 Å². The van der Waals surface area contributed by atoms with Gasteiger partial charge in [-0.3, -0.25) is 10.5 Å². The molecule has 1 atom stereocenters. The standard InChI is InChI=1S/C13H16ClFN4/c1-2-7-19-12(5-6-17-19)13(18-16)9-3-4-10(14)11(15)8-9/h3-6,8,13,18H,2,7,16H2,1H3. The van der Waals surface area contributed by atoms with Gasteiger partial charge >= 0.3 is 0 Å². The van der Waals surface area contributed by atoms with Gasteiger partial charge in [-0.15, -0.1) is 0 Å². The third-order valence-corrected chi connectivity index (χ3v) is 3.23. The Balaban J connectivity index is 2.38. The van der Waals surface area contributed by atoms with Crippen molar-refractivity contribution >= 4 is 11.6 Å². The molecule has 1 unspecified atom stereocenters. The zero-order valence-electron chi connectivity index (χ0n) is 10.6. The maximum Gasteiger partial charge on any atom is 0.142 e. The van der Waals surface area contributed by atoms with E-state index in [-0.39, 0.29) is 11.1 Å². The van der Waals surface area contributed by atoms with Crippen LogP contribution in [0.3, 0.4) is 0 Å². The molecule has 4 nitrogen and oxygen atoms in total. The lowest BCUT2D eigenvalue weighted by molar-refractivity contribution is 0.518. The molecule has 0 radical (unpaired) electrons. The molecule has 19 heavy (non-hydrogen) atoms. The van der Waals surface area contributed by atoms with Gasteiger partial charge in [-0.1, -0.05) is 24.6 Å². The van der Waals surface area contributed by atoms with Gasteiger partial charge in [0.2, 0.25) is 0 Å². The minimum absolute atomic E-state index is 0.0987. The predicted molar refractivity (Wildman–Crippen MR) is 73.1 cm³/mol. The van der Waals surface area contributed by atoms with E-state index in [2.05, 4.69) is 17.4 Å². The van der Waals surface area contributed by atoms with Gasteiger partial charge in [0.1, 0.15) is 5.82 Å². The van der Waals surface area contributed by atoms with E-state index in [1.807, 2.05) is 10.7 Å². The number of hydrogen-bond donors (Lipinski definition) is 2. The maximum absolute atomic E-state index is 13.5. The van der Waals surface area contributed by atoms with Crippen LogP contribution in [0.1, 0.15) is 30.6 Å². The molecular formula is C13H16ClFN4. The Morgan fingerprint density at radius 2 is 2.26 bits per heavy atom. The Labute approximate surface area is 116 Å². The summed E-state index contributed by atoms with van der Waals surface area (Å²) in [6.07, 6.45) is 2.67. The molecule has 0 saturated heterocycles. The van der Waals surface area contributed by atoms with Crippen LogP contribution in [0.15, 0.2) is 30.5 Å². The quantitative estimate of drug-likeness (QED) is 0.655. The predicted octanol–water partition coefficient (Wildman–Crippen LogP) is 2.64. The normalized spacial score (nSPS) is 12.6. The van der Waals surface area contributed by atoms with E-state index in [0.717, 1.165) is 18.7 Å². The highest BCUT2D eigenvalue weighted by molar-refractivity contribution is 6.30. The number of hydrogen-bond acceptors (Lipinski definition) is 3. The van der Waals surface area contributed by atoms with Crippen LogP contribution in [0.5, 0.6) is 0 Å². The number of aromatic nitrogens is 2. The van der Waals surface area contributed by atoms with Crippen LogP contribution in [0.2, 0.25) is 5.02 Å². The molecule has 2 rings (SSSR count). The molecule has 0 aliphatic rings. The van der Waals surface area contributed by atoms with Gasteiger partial charge < -0.3 is 0 Å². The molecule has 0 bridgehead atoms. The Bertz CT molecular complexity index is 555. The summed E-state index contributed by atoms with van der Waals surface area (Å²) in [5, 5.41) is 4.34. The van der Waals surface area contributed by atoms with Crippen LogP contribution >= 0.6 is 11.6 Å². The Kier molecular flexibility index (Phi) is 4.52. The third-order valence-electron chi connectivity index (χ3n) is 2.92. The first kappa shape index (κ1) is 14.0. The third kappa shape index (κ3) is 2.94. The Hall–Kier alpha value is -1.43. The molecule has 0 saturated carbocycles. The second-order valence-electron chi connectivity index (χ2n) is 4.25. The molecule has 6 heteroatoms. The molecule has 1 aromatic heterocycles. The van der Waals surface area contributed by atoms with Crippen LogP contribution < -0.4 is 11.3 Å². The summed E-state index contributed by atoms with van der Waals surface area (Å²) in [4.78, 5) is 0. The molecule has 0 amide bonds. The summed E-state index contributed by atoms with van der Waals surface area (Å²) in [7, 11) is 0. The first-order chi connectivity index (χ1) is 9.17. The van der Waals surface area contributed by atoms with E-state index < -0.39 is 5.82 Å². The number of rotatable bonds is 5. The van der Waals surface area contributed by atoms with Gasteiger partial charge in [0.15, 0.2) is 0 Å². The fraction of sp³-hybridized carbons (Fsp3) is 0.308. The minimum atomic E-state index is -0.457. The molecule has 3 N–H and O–H groups in total. The maximum atomic E-state index is 13.5. The monoisotopic (exact) mass is 282 g/mol. The molecule has 0 aliphatic carbocycles. The highest BCUT2D eigenvalue weighted by atomic mass is 35.5. The molecule has 0 spiro atoms. The minimum Gasteiger partial charge on any atom is -0.271 e. The number of nitrogens with one attached hydrogen (secondary N) is 1. The second-order valence-corrected chi connectivity index (χ2v) is 4.66. The van der Waals surface area contributed by atoms with Gasteiger partial charge in [0.05, 0.1) is 16.8 Å². The van der Waals surface area contributed by atoms with E-state index in [0.29, 0.717) is 5.56 Å². The molecule has 1 heterocycles. The van der Waals surface area contributed by atoms with Crippen molar-refractivity contribution in [3.05, 3.63) is 52.6 Å². The van der Waals surface area contributed by atoms with Crippen molar-refractivity contribution in [1.82, 2.24) is 15.2 Å². The smallest absolute Gasteiger partial charge is 0.142 e. The average Bonchev–Trinajstić information content (AvgIpc) is 2.83. The van der Waals surface area contributed by atoms with Crippen LogP contribution in [0, 0.1) is 5.82 Å². The van der Waals surface area contributed by atoms with Crippen molar-refractivity contribution in [3.63, 3.8) is 0 Å². The number of nitrogens with two attached hydrogens (primary N) is 1. The van der Waals surface area contributed by atoms with Crippen molar-refractivity contribution in [2.45, 2.75) is 25.9 Å². The number of benzene rings is 1. The summed E-state index contributed by atoms with van der Waals surface area (Å²) in [6.45, 7) is 2.86. The second kappa shape index (κ2) is 6.14. The van der Waals surface area contributed by atoms with Gasteiger partial charge in [-0.2, -0.15) is 5.10 Å². The van der Waals surface area contributed by atoms with Crippen molar-refractivity contribution < 1.29 is 4.39 Å². The number of halogens is 2. The van der Waals surface area contributed by atoms with E-state index in [1.165, 1.54) is 12.1 Å². The highest BCUT2D eigenvalue weighted by Crippen LogP contribution is 2.24. The highest BCUT2D eigenvalue weighted by Gasteiger charge is 2.18. The average molecular weight is 283 g/mol. The van der Waals surface area contributed by atoms with Crippen LogP contribution in [-0.4, -0.2) is 9.78 Å².